The fourth-order valence-corrected chi connectivity index (χ4v) is 3.64. The topological polar surface area (TPSA) is 269 Å². The van der Waals surface area contributed by atoms with Gasteiger partial charge in [0.15, 0.2) is 0 Å². The zero-order chi connectivity index (χ0) is 19.1. The van der Waals surface area contributed by atoms with E-state index in [-0.39, 0.29) is 154 Å². The molecule has 5 unspecified atom stereocenters. The molecule has 15 nitrogen and oxygen atoms in total. The second-order valence-electron chi connectivity index (χ2n) is 4.59. The summed E-state index contributed by atoms with van der Waals surface area (Å²) >= 11 is 0. The summed E-state index contributed by atoms with van der Waals surface area (Å²) in [6.07, 6.45) is -15.0. The van der Waals surface area contributed by atoms with Crippen molar-refractivity contribution >= 4 is 23.5 Å². The van der Waals surface area contributed by atoms with Crippen LogP contribution in [-0.2, 0) is 27.3 Å². The number of phosphoric acid groups is 3. The fourth-order valence-electron chi connectivity index (χ4n) is 1.99. The quantitative estimate of drug-likeness (QED) is 0.136. The molecular weight excluding hydrogens is 522 g/mol. The molecule has 0 amide bonds. The molecule has 0 aromatic heterocycles. The van der Waals surface area contributed by atoms with Crippen LogP contribution in [0.1, 0.15) is 0 Å². The van der Waals surface area contributed by atoms with Crippen LogP contribution in [0.3, 0.4) is 0 Å². The van der Waals surface area contributed by atoms with Gasteiger partial charge in [-0.3, -0.25) is 13.7 Å². The Hall–Kier alpha value is 5.12. The molecule has 1 aliphatic rings. The van der Waals surface area contributed by atoms with E-state index < -0.39 is 60.1 Å². The number of rotatable bonds is 6. The van der Waals surface area contributed by atoms with Crippen molar-refractivity contribution in [2.24, 2.45) is 0 Å². The van der Waals surface area contributed by atoms with Crippen LogP contribution in [0.25, 0.3) is 0 Å². The van der Waals surface area contributed by atoms with Crippen molar-refractivity contribution in [2.75, 3.05) is 0 Å². The summed E-state index contributed by atoms with van der Waals surface area (Å²) in [5.74, 6) is 0. The van der Waals surface area contributed by atoms with Gasteiger partial charge in [-0.1, -0.05) is 0 Å². The van der Waals surface area contributed by atoms with E-state index in [0.717, 1.165) is 0 Å². The largest absolute Gasteiger partial charge is 1.00 e. The average molecular weight is 534 g/mol. The molecule has 0 heterocycles. The minimum Gasteiger partial charge on any atom is -0.756 e. The summed E-state index contributed by atoms with van der Waals surface area (Å²) in [6.45, 7) is 0. The number of hydrogen-bond acceptors (Lipinski definition) is 12. The monoisotopic (exact) mass is 534 g/mol. The first-order chi connectivity index (χ1) is 10.5. The van der Waals surface area contributed by atoms with Gasteiger partial charge in [0, 0.05) is 0 Å². The fraction of sp³-hybridized carbons (Fsp3) is 1.00. The Bertz CT molecular complexity index is 549. The third-order valence-electron chi connectivity index (χ3n) is 2.79. The molecule has 0 bridgehead atoms. The average Bonchev–Trinajstić information content (AvgIpc) is 2.32. The molecule has 0 aromatic carbocycles. The van der Waals surface area contributed by atoms with Gasteiger partial charge in [-0.15, -0.1) is 0 Å². The van der Waals surface area contributed by atoms with E-state index in [1.807, 2.05) is 0 Å². The molecule has 27 heavy (non-hydrogen) atoms. The first-order valence-corrected chi connectivity index (χ1v) is 10.2. The van der Waals surface area contributed by atoms with Crippen LogP contribution in [0.2, 0.25) is 0 Å². The Kier molecular flexibility index (Phi) is 19.7. The van der Waals surface area contributed by atoms with Crippen molar-refractivity contribution in [3.8, 4) is 0 Å². The molecule has 21 heteroatoms. The number of phosphoric ester groups is 3. The summed E-state index contributed by atoms with van der Waals surface area (Å²) in [5, 5.41) is 28.8. The van der Waals surface area contributed by atoms with Crippen LogP contribution in [0.5, 0.6) is 0 Å². The zero-order valence-electron chi connectivity index (χ0n) is 14.2. The van der Waals surface area contributed by atoms with E-state index in [0.29, 0.717) is 0 Å². The molecular formula is C6H12K3O15P3. The van der Waals surface area contributed by atoms with Gasteiger partial charge < -0.3 is 58.3 Å². The minimum absolute atomic E-state index is 0. The molecule has 1 fully saturated rings. The number of aliphatic hydroxyl groups excluding tert-OH is 3. The van der Waals surface area contributed by atoms with Crippen molar-refractivity contribution in [2.45, 2.75) is 36.6 Å². The third kappa shape index (κ3) is 13.6. The van der Waals surface area contributed by atoms with Crippen molar-refractivity contribution in [3.63, 3.8) is 0 Å². The number of aliphatic hydroxyl groups is 3. The minimum atomic E-state index is -5.77. The van der Waals surface area contributed by atoms with Crippen molar-refractivity contribution in [1.29, 1.82) is 0 Å². The smallest absolute Gasteiger partial charge is 0.756 e. The molecule has 0 radical (unpaired) electrons. The second kappa shape index (κ2) is 14.5. The van der Waals surface area contributed by atoms with Gasteiger partial charge in [0.1, 0.15) is 36.6 Å². The molecule has 0 aliphatic heterocycles. The molecule has 9 atom stereocenters. The normalized spacial score (nSPS) is 37.2. The van der Waals surface area contributed by atoms with Gasteiger partial charge in [-0.2, -0.15) is 0 Å². The molecule has 0 aromatic rings. The number of hydrogen-bond donors (Lipinski definition) is 6. The van der Waals surface area contributed by atoms with Gasteiger partial charge in [-0.05, 0) is 0 Å². The molecule has 1 aliphatic carbocycles. The first kappa shape index (κ1) is 36.7. The van der Waals surface area contributed by atoms with Crippen molar-refractivity contribution in [3.05, 3.63) is 0 Å². The van der Waals surface area contributed by atoms with Crippen LogP contribution >= 0.6 is 23.5 Å². The maximum atomic E-state index is 10.8. The Balaban J connectivity index is -0.00000192. The summed E-state index contributed by atoms with van der Waals surface area (Å²) < 4.78 is 44.1. The van der Waals surface area contributed by atoms with Crippen LogP contribution in [0.4, 0.5) is 0 Å². The maximum Gasteiger partial charge on any atom is 1.00 e. The van der Waals surface area contributed by atoms with E-state index in [9.17, 15) is 43.7 Å². The summed E-state index contributed by atoms with van der Waals surface area (Å²) in [6, 6.07) is 0. The van der Waals surface area contributed by atoms with Crippen LogP contribution in [-0.4, -0.2) is 66.6 Å². The van der Waals surface area contributed by atoms with E-state index in [1.54, 1.807) is 0 Å². The SMILES string of the molecule is O=P([O-])(O)OC1[C@@H](OP(=O)([O-])O)[C@@H](O)C(O)[C@H](O)[C@H]1OP(=O)([O-])O.[K+].[K+].[K+]. The van der Waals surface area contributed by atoms with Gasteiger partial charge in [0.25, 0.3) is 23.5 Å². The summed E-state index contributed by atoms with van der Waals surface area (Å²) in [5.41, 5.74) is 0. The predicted molar refractivity (Wildman–Crippen MR) is 62.1 cm³/mol. The van der Waals surface area contributed by atoms with Gasteiger partial charge in [-0.25, -0.2) is 0 Å². The third-order valence-corrected chi connectivity index (χ3v) is 4.31. The zero-order valence-corrected chi connectivity index (χ0v) is 26.2. The van der Waals surface area contributed by atoms with Crippen LogP contribution in [0.15, 0.2) is 0 Å². The standard InChI is InChI=1S/C6H15O15P3.3K/c7-1-2(8)4(19-22(10,11)12)6(21-24(16,17)18)5(3(1)9)20-23(13,14)15;;;/h1-9H,(H2,10,11,12)(H2,13,14,15)(H2,16,17,18);;;/q;3*+1/p-3/t1?,2-,3-,4-,5+,6?;;;/m0.../s1. The summed E-state index contributed by atoms with van der Waals surface area (Å²) in [4.78, 5) is 58.3. The molecule has 144 valence electrons. The van der Waals surface area contributed by atoms with E-state index >= 15 is 0 Å². The summed E-state index contributed by atoms with van der Waals surface area (Å²) in [7, 11) is -17.2. The van der Waals surface area contributed by atoms with Crippen LogP contribution in [0, 0.1) is 0 Å². The first-order valence-electron chi connectivity index (χ1n) is 5.72. The van der Waals surface area contributed by atoms with Crippen molar-refractivity contribution < 1.29 is 226 Å². The van der Waals surface area contributed by atoms with Gasteiger partial charge in [0.05, 0.1) is 0 Å². The molecule has 6 N–H and O–H groups in total. The Morgan fingerprint density at radius 1 is 0.556 bits per heavy atom. The van der Waals surface area contributed by atoms with E-state index in [4.69, 9.17) is 14.7 Å². The van der Waals surface area contributed by atoms with Gasteiger partial charge in [0.2, 0.25) is 0 Å². The predicted octanol–water partition coefficient (Wildman–Crippen LogP) is -14.4. The Morgan fingerprint density at radius 3 is 1.00 bits per heavy atom. The van der Waals surface area contributed by atoms with Gasteiger partial charge >= 0.3 is 154 Å². The Labute approximate surface area is 279 Å². The van der Waals surface area contributed by atoms with E-state index in [1.165, 1.54) is 0 Å². The van der Waals surface area contributed by atoms with Crippen molar-refractivity contribution in [1.82, 2.24) is 0 Å². The maximum absolute atomic E-state index is 10.8. The van der Waals surface area contributed by atoms with E-state index in [2.05, 4.69) is 13.6 Å². The molecule has 0 spiro atoms. The Morgan fingerprint density at radius 2 is 0.778 bits per heavy atom. The second-order valence-corrected chi connectivity index (χ2v) is 8.03. The molecule has 0 saturated heterocycles. The van der Waals surface area contributed by atoms with Crippen LogP contribution < -0.4 is 169 Å². The molecule has 1 rings (SSSR count). The molecule has 1 saturated carbocycles.